The number of carbonyl (C=O) groups is 1. The number of benzene rings is 1. The highest BCUT2D eigenvalue weighted by molar-refractivity contribution is 8.01. The quantitative estimate of drug-likeness (QED) is 0.444. The largest absolute Gasteiger partial charge is 0.465 e. The summed E-state index contributed by atoms with van der Waals surface area (Å²) in [5.41, 5.74) is 1.04. The van der Waals surface area contributed by atoms with Crippen LogP contribution in [0.4, 0.5) is 0 Å². The van der Waals surface area contributed by atoms with Gasteiger partial charge in [-0.15, -0.1) is 10.2 Å². The van der Waals surface area contributed by atoms with Gasteiger partial charge < -0.3 is 4.74 Å². The van der Waals surface area contributed by atoms with Gasteiger partial charge in [0.2, 0.25) is 0 Å². The Morgan fingerprint density at radius 1 is 1.30 bits per heavy atom. The molecule has 0 saturated heterocycles. The Morgan fingerprint density at radius 2 is 2.10 bits per heavy atom. The molecule has 6 heteroatoms. The molecule has 1 aromatic carbocycles. The minimum Gasteiger partial charge on any atom is -0.465 e. The number of ether oxygens (including phenoxy) is 1. The van der Waals surface area contributed by atoms with Crippen molar-refractivity contribution < 1.29 is 9.53 Å². The van der Waals surface area contributed by atoms with Crippen LogP contribution in [0.25, 0.3) is 10.6 Å². The molecule has 0 radical (unpaired) electrons. The van der Waals surface area contributed by atoms with E-state index in [1.807, 2.05) is 30.3 Å². The minimum absolute atomic E-state index is 0.195. The van der Waals surface area contributed by atoms with Crippen molar-refractivity contribution in [2.45, 2.75) is 24.1 Å². The smallest absolute Gasteiger partial charge is 0.316 e. The first kappa shape index (κ1) is 15.0. The van der Waals surface area contributed by atoms with Gasteiger partial charge in [-0.3, -0.25) is 4.79 Å². The van der Waals surface area contributed by atoms with Crippen LogP contribution in [0, 0.1) is 0 Å². The molecule has 0 amide bonds. The summed E-state index contributed by atoms with van der Waals surface area (Å²) in [5, 5.41) is 9.09. The molecule has 0 saturated carbocycles. The second-order valence-electron chi connectivity index (χ2n) is 4.10. The molecule has 0 fully saturated rings. The van der Waals surface area contributed by atoms with Crippen LogP contribution in [0.5, 0.6) is 0 Å². The second-order valence-corrected chi connectivity index (χ2v) is 6.30. The summed E-state index contributed by atoms with van der Waals surface area (Å²) in [5.74, 6) is 0.0903. The van der Waals surface area contributed by atoms with Crippen LogP contribution in [0.3, 0.4) is 0 Å². The van der Waals surface area contributed by atoms with Crippen LogP contribution in [-0.4, -0.2) is 28.5 Å². The van der Waals surface area contributed by atoms with Crippen molar-refractivity contribution in [2.24, 2.45) is 0 Å². The molecule has 2 rings (SSSR count). The van der Waals surface area contributed by atoms with Crippen LogP contribution in [0.15, 0.2) is 34.7 Å². The van der Waals surface area contributed by atoms with Crippen molar-refractivity contribution in [3.8, 4) is 10.6 Å². The van der Waals surface area contributed by atoms with E-state index in [0.29, 0.717) is 6.61 Å². The number of thioether (sulfide) groups is 1. The highest BCUT2D eigenvalue weighted by Crippen LogP contribution is 2.29. The summed E-state index contributed by atoms with van der Waals surface area (Å²) in [6, 6.07) is 9.89. The topological polar surface area (TPSA) is 52.1 Å². The Balaban J connectivity index is 1.83. The number of rotatable bonds is 7. The summed E-state index contributed by atoms with van der Waals surface area (Å²) < 4.78 is 5.88. The molecular formula is C14H16N2O2S2. The Kier molecular flexibility index (Phi) is 6.01. The number of hydrogen-bond donors (Lipinski definition) is 0. The molecule has 106 valence electrons. The van der Waals surface area contributed by atoms with E-state index < -0.39 is 0 Å². The van der Waals surface area contributed by atoms with Crippen molar-refractivity contribution in [2.75, 3.05) is 12.4 Å². The van der Waals surface area contributed by atoms with Crippen LogP contribution < -0.4 is 0 Å². The van der Waals surface area contributed by atoms with Crippen LogP contribution >= 0.6 is 23.1 Å². The van der Waals surface area contributed by atoms with E-state index in [-0.39, 0.29) is 11.7 Å². The first-order chi connectivity index (χ1) is 9.79. The van der Waals surface area contributed by atoms with E-state index in [1.165, 1.54) is 23.1 Å². The summed E-state index contributed by atoms with van der Waals surface area (Å²) in [7, 11) is 0. The van der Waals surface area contributed by atoms with E-state index in [0.717, 1.165) is 27.8 Å². The van der Waals surface area contributed by atoms with Gasteiger partial charge in [0.1, 0.15) is 5.01 Å². The third-order valence-corrected chi connectivity index (χ3v) is 4.58. The SMILES string of the molecule is CCCCOC(=O)CSc1nnc(-c2ccccc2)s1. The van der Waals surface area contributed by atoms with Crippen molar-refractivity contribution in [3.63, 3.8) is 0 Å². The lowest BCUT2D eigenvalue weighted by molar-refractivity contribution is -0.140. The van der Waals surface area contributed by atoms with Gasteiger partial charge in [0.15, 0.2) is 4.34 Å². The van der Waals surface area contributed by atoms with E-state index in [9.17, 15) is 4.79 Å². The van der Waals surface area contributed by atoms with Crippen LogP contribution in [0.1, 0.15) is 19.8 Å². The van der Waals surface area contributed by atoms with Gasteiger partial charge in [0.25, 0.3) is 0 Å². The fourth-order valence-electron chi connectivity index (χ4n) is 1.46. The van der Waals surface area contributed by atoms with E-state index in [2.05, 4.69) is 17.1 Å². The van der Waals surface area contributed by atoms with Gasteiger partial charge in [-0.25, -0.2) is 0 Å². The molecule has 0 unspecified atom stereocenters. The second kappa shape index (κ2) is 8.01. The molecule has 2 aromatic rings. The summed E-state index contributed by atoms with van der Waals surface area (Å²) in [6.45, 7) is 2.57. The lowest BCUT2D eigenvalue weighted by Gasteiger charge is -2.01. The highest BCUT2D eigenvalue weighted by Gasteiger charge is 2.09. The highest BCUT2D eigenvalue weighted by atomic mass is 32.2. The fourth-order valence-corrected chi connectivity index (χ4v) is 3.11. The predicted molar refractivity (Wildman–Crippen MR) is 81.9 cm³/mol. The zero-order valence-electron chi connectivity index (χ0n) is 11.2. The number of nitrogens with zero attached hydrogens (tertiary/aromatic N) is 2. The standard InChI is InChI=1S/C14H16N2O2S2/c1-2-3-9-18-12(17)10-19-14-16-15-13(20-14)11-7-5-4-6-8-11/h4-8H,2-3,9-10H2,1H3. The normalized spacial score (nSPS) is 10.4. The lowest BCUT2D eigenvalue weighted by Crippen LogP contribution is -2.08. The molecule has 4 nitrogen and oxygen atoms in total. The van der Waals surface area contributed by atoms with E-state index in [4.69, 9.17) is 4.74 Å². The molecule has 0 atom stereocenters. The van der Waals surface area contributed by atoms with Crippen molar-refractivity contribution >= 4 is 29.1 Å². The molecule has 0 bridgehead atoms. The molecule has 0 N–H and O–H groups in total. The molecule has 1 heterocycles. The molecule has 0 aliphatic carbocycles. The number of unbranched alkanes of at least 4 members (excludes halogenated alkanes) is 1. The van der Waals surface area contributed by atoms with Gasteiger partial charge in [-0.2, -0.15) is 0 Å². The monoisotopic (exact) mass is 308 g/mol. The molecule has 0 spiro atoms. The number of esters is 1. The number of carbonyl (C=O) groups excluding carboxylic acids is 1. The van der Waals surface area contributed by atoms with Crippen molar-refractivity contribution in [1.29, 1.82) is 0 Å². The average Bonchev–Trinajstić information content (AvgIpc) is 2.95. The van der Waals surface area contributed by atoms with Gasteiger partial charge in [0, 0.05) is 5.56 Å². The van der Waals surface area contributed by atoms with E-state index in [1.54, 1.807) is 0 Å². The van der Waals surface area contributed by atoms with Crippen LogP contribution in [-0.2, 0) is 9.53 Å². The van der Waals surface area contributed by atoms with Gasteiger partial charge in [-0.1, -0.05) is 66.8 Å². The lowest BCUT2D eigenvalue weighted by atomic mass is 10.2. The zero-order chi connectivity index (χ0) is 14.2. The number of aromatic nitrogens is 2. The maximum absolute atomic E-state index is 11.5. The number of hydrogen-bond acceptors (Lipinski definition) is 6. The maximum Gasteiger partial charge on any atom is 0.316 e. The predicted octanol–water partition coefficient (Wildman–Crippen LogP) is 3.64. The first-order valence-corrected chi connectivity index (χ1v) is 8.27. The molecule has 1 aromatic heterocycles. The Hall–Kier alpha value is -1.40. The Bertz CT molecular complexity index is 543. The van der Waals surface area contributed by atoms with Gasteiger partial charge in [-0.05, 0) is 6.42 Å². The molecule has 0 aliphatic heterocycles. The zero-order valence-corrected chi connectivity index (χ0v) is 12.9. The van der Waals surface area contributed by atoms with E-state index >= 15 is 0 Å². The third kappa shape index (κ3) is 4.61. The van der Waals surface area contributed by atoms with Gasteiger partial charge in [0.05, 0.1) is 12.4 Å². The molecule has 0 aliphatic rings. The average molecular weight is 308 g/mol. The minimum atomic E-state index is -0.195. The third-order valence-electron chi connectivity index (χ3n) is 2.50. The van der Waals surface area contributed by atoms with Crippen molar-refractivity contribution in [3.05, 3.63) is 30.3 Å². The summed E-state index contributed by atoms with van der Waals surface area (Å²) in [6.07, 6.45) is 1.94. The first-order valence-electron chi connectivity index (χ1n) is 6.47. The Morgan fingerprint density at radius 3 is 2.85 bits per heavy atom. The molecule has 20 heavy (non-hydrogen) atoms. The Labute approximate surface area is 126 Å². The summed E-state index contributed by atoms with van der Waals surface area (Å²) >= 11 is 2.86. The molecular weight excluding hydrogens is 292 g/mol. The maximum atomic E-state index is 11.5. The van der Waals surface area contributed by atoms with Crippen LogP contribution in [0.2, 0.25) is 0 Å². The fraction of sp³-hybridized carbons (Fsp3) is 0.357. The van der Waals surface area contributed by atoms with Gasteiger partial charge >= 0.3 is 5.97 Å². The summed E-state index contributed by atoms with van der Waals surface area (Å²) in [4.78, 5) is 11.5. The van der Waals surface area contributed by atoms with Crippen molar-refractivity contribution in [1.82, 2.24) is 10.2 Å².